The first-order valence-corrected chi connectivity index (χ1v) is 10.2. The van der Waals surface area contributed by atoms with E-state index in [0.717, 1.165) is 5.56 Å². The lowest BCUT2D eigenvalue weighted by Crippen LogP contribution is -2.27. The number of hydrogen-bond acceptors (Lipinski definition) is 8. The minimum absolute atomic E-state index is 0.142. The molecule has 2 aromatic carbocycles. The van der Waals surface area contributed by atoms with Crippen molar-refractivity contribution < 1.29 is 38.0 Å². The zero-order valence-corrected chi connectivity index (χ0v) is 18.9. The summed E-state index contributed by atoms with van der Waals surface area (Å²) in [4.78, 5) is 24.6. The zero-order chi connectivity index (χ0) is 23.3. The molecule has 1 aliphatic heterocycles. The highest BCUT2D eigenvalue weighted by atomic mass is 16.6. The van der Waals surface area contributed by atoms with Crippen LogP contribution in [0.25, 0.3) is 0 Å². The molecule has 0 unspecified atom stereocenters. The lowest BCUT2D eigenvalue weighted by atomic mass is 9.82. The van der Waals surface area contributed by atoms with Crippen LogP contribution in [0.15, 0.2) is 36.4 Å². The number of esters is 2. The molecule has 3 rings (SSSR count). The monoisotopic (exact) mass is 444 g/mol. The third kappa shape index (κ3) is 4.90. The molecule has 0 aliphatic carbocycles. The fourth-order valence-corrected chi connectivity index (χ4v) is 3.98. The number of carbonyl (C=O) groups is 2. The summed E-state index contributed by atoms with van der Waals surface area (Å²) in [7, 11) is 6.20. The maximum Gasteiger partial charge on any atom is 0.309 e. The molecule has 0 spiro atoms. The molecule has 32 heavy (non-hydrogen) atoms. The highest BCUT2D eigenvalue weighted by molar-refractivity contribution is 5.75. The van der Waals surface area contributed by atoms with Crippen LogP contribution in [0, 0.1) is 11.8 Å². The second-order valence-electron chi connectivity index (χ2n) is 7.44. The normalized spacial score (nSPS) is 18.5. The van der Waals surface area contributed by atoms with Gasteiger partial charge in [0, 0.05) is 12.8 Å². The molecule has 8 heteroatoms. The van der Waals surface area contributed by atoms with Gasteiger partial charge >= 0.3 is 11.9 Å². The van der Waals surface area contributed by atoms with Crippen LogP contribution in [0.5, 0.6) is 23.0 Å². The van der Waals surface area contributed by atoms with Gasteiger partial charge in [-0.15, -0.1) is 0 Å². The summed E-state index contributed by atoms with van der Waals surface area (Å²) in [6.07, 6.45) is -0.293. The first-order valence-electron chi connectivity index (χ1n) is 10.2. The lowest BCUT2D eigenvalue weighted by Gasteiger charge is -2.26. The van der Waals surface area contributed by atoms with Gasteiger partial charge in [0.15, 0.2) is 23.0 Å². The number of rotatable bonds is 9. The van der Waals surface area contributed by atoms with Crippen LogP contribution in [-0.4, -0.2) is 47.0 Å². The summed E-state index contributed by atoms with van der Waals surface area (Å²) in [6.45, 7) is 1.48. The minimum Gasteiger partial charge on any atom is -0.493 e. The Balaban J connectivity index is 1.94. The third-order valence-electron chi connectivity index (χ3n) is 5.56. The van der Waals surface area contributed by atoms with Crippen LogP contribution in [0.4, 0.5) is 0 Å². The minimum atomic E-state index is -0.691. The molecule has 0 amide bonds. The summed E-state index contributed by atoms with van der Waals surface area (Å²) in [5.74, 6) is 0.566. The van der Waals surface area contributed by atoms with E-state index >= 15 is 0 Å². The predicted molar refractivity (Wildman–Crippen MR) is 115 cm³/mol. The average molecular weight is 444 g/mol. The molecule has 8 nitrogen and oxygen atoms in total. The van der Waals surface area contributed by atoms with Crippen LogP contribution in [-0.2, 0) is 25.5 Å². The number of hydrogen-bond donors (Lipinski definition) is 0. The molecule has 172 valence electrons. The van der Waals surface area contributed by atoms with Crippen molar-refractivity contribution in [1.82, 2.24) is 0 Å². The Morgan fingerprint density at radius 2 is 1.53 bits per heavy atom. The Labute approximate surface area is 187 Å². The van der Waals surface area contributed by atoms with Gasteiger partial charge in [-0.2, -0.15) is 0 Å². The van der Waals surface area contributed by atoms with Gasteiger partial charge in [-0.1, -0.05) is 12.1 Å². The van der Waals surface area contributed by atoms with Gasteiger partial charge in [0.25, 0.3) is 0 Å². The summed E-state index contributed by atoms with van der Waals surface area (Å²) < 4.78 is 32.4. The second kappa shape index (κ2) is 10.3. The molecule has 0 radical (unpaired) electrons. The van der Waals surface area contributed by atoms with Crippen LogP contribution >= 0.6 is 0 Å². The summed E-state index contributed by atoms with van der Waals surface area (Å²) in [5, 5.41) is 0. The van der Waals surface area contributed by atoms with E-state index in [2.05, 4.69) is 0 Å². The molecular formula is C24H28O8. The van der Waals surface area contributed by atoms with E-state index in [1.54, 1.807) is 45.6 Å². The van der Waals surface area contributed by atoms with Crippen molar-refractivity contribution in [2.45, 2.75) is 19.4 Å². The van der Waals surface area contributed by atoms with Crippen LogP contribution in [0.3, 0.4) is 0 Å². The van der Waals surface area contributed by atoms with E-state index in [1.807, 2.05) is 12.1 Å². The molecule has 0 aromatic heterocycles. The quantitative estimate of drug-likeness (QED) is 0.544. The maximum absolute atomic E-state index is 12.6. The molecule has 1 aliphatic rings. The predicted octanol–water partition coefficient (Wildman–Crippen LogP) is 3.36. The molecule has 1 fully saturated rings. The number of ether oxygens (including phenoxy) is 6. The van der Waals surface area contributed by atoms with E-state index in [0.29, 0.717) is 35.0 Å². The smallest absolute Gasteiger partial charge is 0.309 e. The zero-order valence-electron chi connectivity index (χ0n) is 18.9. The SMILES string of the molecule is COc1ccc(C[C@@H]2C(=O)OC[C@H]2[C@H](OC(C)=O)c2ccc(OC)c(OC)c2)cc1OC. The van der Waals surface area contributed by atoms with Crippen molar-refractivity contribution in [2.75, 3.05) is 35.0 Å². The fourth-order valence-electron chi connectivity index (χ4n) is 3.98. The lowest BCUT2D eigenvalue weighted by molar-refractivity contribution is -0.150. The Hall–Kier alpha value is -3.42. The van der Waals surface area contributed by atoms with Crippen molar-refractivity contribution >= 4 is 11.9 Å². The fraction of sp³-hybridized carbons (Fsp3) is 0.417. The van der Waals surface area contributed by atoms with Crippen molar-refractivity contribution in [3.8, 4) is 23.0 Å². The van der Waals surface area contributed by atoms with Crippen LogP contribution in [0.1, 0.15) is 24.2 Å². The molecule has 0 saturated carbocycles. The average Bonchev–Trinajstić information content (AvgIpc) is 3.16. The van der Waals surface area contributed by atoms with Gasteiger partial charge in [-0.3, -0.25) is 9.59 Å². The number of benzene rings is 2. The van der Waals surface area contributed by atoms with Gasteiger partial charge in [-0.05, 0) is 41.8 Å². The standard InChI is InChI=1S/C24H28O8/c1-14(25)32-23(16-7-9-20(28-3)22(12-16)30-5)18-13-31-24(26)17(18)10-15-6-8-19(27-2)21(11-15)29-4/h6-9,11-12,17-18,23H,10,13H2,1-5H3/t17-,18+,23+/m0/s1. The molecule has 0 N–H and O–H groups in total. The molecule has 1 saturated heterocycles. The maximum atomic E-state index is 12.6. The molecule has 0 bridgehead atoms. The molecule has 1 heterocycles. The van der Waals surface area contributed by atoms with Crippen molar-refractivity contribution in [1.29, 1.82) is 0 Å². The Bertz CT molecular complexity index is 970. The molecule has 2 aromatic rings. The third-order valence-corrected chi connectivity index (χ3v) is 5.56. The van der Waals surface area contributed by atoms with Gasteiger partial charge in [-0.25, -0.2) is 0 Å². The van der Waals surface area contributed by atoms with Gasteiger partial charge in [0.05, 0.1) is 41.0 Å². The van der Waals surface area contributed by atoms with Gasteiger partial charge in [0.2, 0.25) is 0 Å². The van der Waals surface area contributed by atoms with E-state index in [4.69, 9.17) is 28.4 Å². The molecular weight excluding hydrogens is 416 g/mol. The Morgan fingerprint density at radius 1 is 0.938 bits per heavy atom. The second-order valence-corrected chi connectivity index (χ2v) is 7.44. The van der Waals surface area contributed by atoms with E-state index < -0.39 is 18.0 Å². The van der Waals surface area contributed by atoms with Crippen LogP contribution in [0.2, 0.25) is 0 Å². The van der Waals surface area contributed by atoms with Crippen LogP contribution < -0.4 is 18.9 Å². The topological polar surface area (TPSA) is 89.5 Å². The number of carbonyl (C=O) groups excluding carboxylic acids is 2. The Morgan fingerprint density at radius 3 is 2.12 bits per heavy atom. The number of methoxy groups -OCH3 is 4. The summed E-state index contributed by atoms with van der Waals surface area (Å²) in [6, 6.07) is 10.8. The first-order chi connectivity index (χ1) is 15.4. The van der Waals surface area contributed by atoms with E-state index in [9.17, 15) is 9.59 Å². The van der Waals surface area contributed by atoms with E-state index in [1.165, 1.54) is 14.0 Å². The van der Waals surface area contributed by atoms with Crippen molar-refractivity contribution in [3.05, 3.63) is 47.5 Å². The highest BCUT2D eigenvalue weighted by Gasteiger charge is 2.44. The van der Waals surface area contributed by atoms with Crippen molar-refractivity contribution in [3.63, 3.8) is 0 Å². The summed E-state index contributed by atoms with van der Waals surface area (Å²) >= 11 is 0. The molecule has 3 atom stereocenters. The van der Waals surface area contributed by atoms with E-state index in [-0.39, 0.29) is 18.5 Å². The van der Waals surface area contributed by atoms with Crippen molar-refractivity contribution in [2.24, 2.45) is 11.8 Å². The highest BCUT2D eigenvalue weighted by Crippen LogP contribution is 2.41. The summed E-state index contributed by atoms with van der Waals surface area (Å²) in [5.41, 5.74) is 1.57. The van der Waals surface area contributed by atoms with Gasteiger partial charge in [0.1, 0.15) is 6.10 Å². The number of cyclic esters (lactones) is 1. The Kier molecular flexibility index (Phi) is 7.45. The van der Waals surface area contributed by atoms with Gasteiger partial charge < -0.3 is 28.4 Å². The largest absolute Gasteiger partial charge is 0.493 e. The first kappa shape index (κ1) is 23.2.